The fourth-order valence-corrected chi connectivity index (χ4v) is 2.12. The highest BCUT2D eigenvalue weighted by Gasteiger charge is 2.35. The number of hydrogen-bond donors (Lipinski definition) is 3. The van der Waals surface area contributed by atoms with Crippen LogP contribution >= 0.6 is 0 Å². The zero-order valence-corrected chi connectivity index (χ0v) is 9.78. The third kappa shape index (κ3) is 2.65. The molecule has 0 spiro atoms. The van der Waals surface area contributed by atoms with Crippen molar-refractivity contribution in [1.82, 2.24) is 5.32 Å². The van der Waals surface area contributed by atoms with E-state index in [0.717, 1.165) is 24.8 Å². The van der Waals surface area contributed by atoms with Gasteiger partial charge in [-0.1, -0.05) is 12.1 Å². The van der Waals surface area contributed by atoms with Gasteiger partial charge in [-0.15, -0.1) is 0 Å². The number of nitrogens with two attached hydrogens (primary N) is 1. The van der Waals surface area contributed by atoms with E-state index in [1.807, 2.05) is 12.1 Å². The molecule has 0 unspecified atom stereocenters. The number of amides is 1. The van der Waals surface area contributed by atoms with Crippen molar-refractivity contribution in [3.05, 3.63) is 35.4 Å². The van der Waals surface area contributed by atoms with E-state index in [-0.39, 0.29) is 12.1 Å². The third-order valence-corrected chi connectivity index (χ3v) is 3.49. The molecule has 0 radical (unpaired) electrons. The Hall–Kier alpha value is -1.39. The number of carbonyl (C=O) groups is 1. The minimum absolute atomic E-state index is 0.108. The molecule has 2 rings (SSSR count). The Kier molecular flexibility index (Phi) is 3.45. The second-order valence-corrected chi connectivity index (χ2v) is 4.71. The van der Waals surface area contributed by atoms with Crippen LogP contribution in [0, 0.1) is 0 Å². The van der Waals surface area contributed by atoms with Gasteiger partial charge >= 0.3 is 0 Å². The van der Waals surface area contributed by atoms with E-state index in [1.54, 1.807) is 12.1 Å². The molecule has 1 fully saturated rings. The van der Waals surface area contributed by atoms with E-state index in [4.69, 9.17) is 5.73 Å². The van der Waals surface area contributed by atoms with Crippen LogP contribution in [0.15, 0.2) is 24.3 Å². The largest absolute Gasteiger partial charge is 0.394 e. The van der Waals surface area contributed by atoms with Crippen LogP contribution < -0.4 is 11.1 Å². The maximum Gasteiger partial charge on any atom is 0.248 e. The second-order valence-electron chi connectivity index (χ2n) is 4.71. The van der Waals surface area contributed by atoms with Gasteiger partial charge in [-0.2, -0.15) is 0 Å². The lowest BCUT2D eigenvalue weighted by molar-refractivity contribution is 0.0872. The van der Waals surface area contributed by atoms with Gasteiger partial charge in [0, 0.05) is 17.6 Å². The fraction of sp³-hybridized carbons (Fsp3) is 0.462. The maximum absolute atomic E-state index is 11.0. The molecule has 0 saturated heterocycles. The number of aliphatic hydroxyl groups excluding tert-OH is 1. The Labute approximate surface area is 101 Å². The first-order chi connectivity index (χ1) is 8.15. The summed E-state index contributed by atoms with van der Waals surface area (Å²) in [6.45, 7) is 0.824. The maximum atomic E-state index is 11.0. The van der Waals surface area contributed by atoms with E-state index in [2.05, 4.69) is 5.32 Å². The first-order valence-corrected chi connectivity index (χ1v) is 5.90. The number of benzene rings is 1. The molecular weight excluding hydrogens is 216 g/mol. The Morgan fingerprint density at radius 1 is 1.47 bits per heavy atom. The summed E-state index contributed by atoms with van der Waals surface area (Å²) in [7, 11) is 0. The van der Waals surface area contributed by atoms with Crippen molar-refractivity contribution in [1.29, 1.82) is 0 Å². The van der Waals surface area contributed by atoms with Gasteiger partial charge in [0.25, 0.3) is 0 Å². The number of aliphatic hydroxyl groups is 1. The standard InChI is InChI=1S/C13H18N2O2/c14-12(17)11-4-1-3-10(7-11)8-15-13(9-16)5-2-6-13/h1,3-4,7,15-16H,2,5-6,8-9H2,(H2,14,17). The summed E-state index contributed by atoms with van der Waals surface area (Å²) in [6.07, 6.45) is 3.19. The van der Waals surface area contributed by atoms with Crippen LogP contribution in [0.1, 0.15) is 35.2 Å². The van der Waals surface area contributed by atoms with Crippen molar-refractivity contribution >= 4 is 5.91 Å². The highest BCUT2D eigenvalue weighted by Crippen LogP contribution is 2.31. The van der Waals surface area contributed by atoms with Gasteiger partial charge in [0.2, 0.25) is 5.91 Å². The summed E-state index contributed by atoms with van der Waals surface area (Å²) < 4.78 is 0. The molecule has 0 aromatic heterocycles. The van der Waals surface area contributed by atoms with E-state index >= 15 is 0 Å². The average Bonchev–Trinajstić information content (AvgIpc) is 2.28. The van der Waals surface area contributed by atoms with Gasteiger partial charge in [0.15, 0.2) is 0 Å². The van der Waals surface area contributed by atoms with Crippen LogP contribution in [0.3, 0.4) is 0 Å². The first kappa shape index (κ1) is 12.1. The summed E-state index contributed by atoms with van der Waals surface area (Å²) in [6, 6.07) is 7.27. The Morgan fingerprint density at radius 2 is 2.24 bits per heavy atom. The molecule has 0 atom stereocenters. The van der Waals surface area contributed by atoms with Gasteiger partial charge in [-0.25, -0.2) is 0 Å². The molecule has 1 saturated carbocycles. The molecule has 0 aliphatic heterocycles. The van der Waals surface area contributed by atoms with Gasteiger partial charge in [-0.05, 0) is 37.0 Å². The van der Waals surface area contributed by atoms with Crippen LogP contribution in [0.4, 0.5) is 0 Å². The average molecular weight is 234 g/mol. The molecule has 1 aliphatic carbocycles. The summed E-state index contributed by atoms with van der Waals surface area (Å²) in [5.41, 5.74) is 6.66. The molecule has 4 N–H and O–H groups in total. The summed E-state index contributed by atoms with van der Waals surface area (Å²) in [5.74, 6) is -0.410. The van der Waals surface area contributed by atoms with Crippen LogP contribution in [0.2, 0.25) is 0 Å². The SMILES string of the molecule is NC(=O)c1cccc(CNC2(CO)CCC2)c1. The summed E-state index contributed by atoms with van der Waals surface area (Å²) >= 11 is 0. The second kappa shape index (κ2) is 4.85. The molecule has 4 heteroatoms. The van der Waals surface area contributed by atoms with Crippen LogP contribution in [0.5, 0.6) is 0 Å². The zero-order chi connectivity index (χ0) is 12.3. The van der Waals surface area contributed by atoms with Gasteiger partial charge in [0.1, 0.15) is 0 Å². The molecule has 1 aliphatic rings. The molecule has 1 aromatic rings. The summed E-state index contributed by atoms with van der Waals surface area (Å²) in [5, 5.41) is 12.7. The molecule has 4 nitrogen and oxygen atoms in total. The zero-order valence-electron chi connectivity index (χ0n) is 9.78. The minimum Gasteiger partial charge on any atom is -0.394 e. The molecular formula is C13H18N2O2. The molecule has 0 heterocycles. The van der Waals surface area contributed by atoms with Crippen molar-refractivity contribution in [2.24, 2.45) is 5.73 Å². The molecule has 92 valence electrons. The normalized spacial score (nSPS) is 17.5. The van der Waals surface area contributed by atoms with Gasteiger partial charge in [0.05, 0.1) is 6.61 Å². The third-order valence-electron chi connectivity index (χ3n) is 3.49. The smallest absolute Gasteiger partial charge is 0.248 e. The van der Waals surface area contributed by atoms with Crippen LogP contribution in [0.25, 0.3) is 0 Å². The highest BCUT2D eigenvalue weighted by molar-refractivity contribution is 5.92. The monoisotopic (exact) mass is 234 g/mol. The molecule has 0 bridgehead atoms. The highest BCUT2D eigenvalue weighted by atomic mass is 16.3. The number of nitrogens with one attached hydrogen (secondary N) is 1. The van der Waals surface area contributed by atoms with Crippen LogP contribution in [-0.2, 0) is 6.54 Å². The molecule has 1 amide bonds. The first-order valence-electron chi connectivity index (χ1n) is 5.90. The van der Waals surface area contributed by atoms with Crippen molar-refractivity contribution in [3.8, 4) is 0 Å². The number of rotatable bonds is 5. The number of hydrogen-bond acceptors (Lipinski definition) is 3. The van der Waals surface area contributed by atoms with Gasteiger partial charge < -0.3 is 16.2 Å². The minimum atomic E-state index is -0.410. The Balaban J connectivity index is 1.99. The van der Waals surface area contributed by atoms with E-state index in [0.29, 0.717) is 12.1 Å². The summed E-state index contributed by atoms with van der Waals surface area (Å²) in [4.78, 5) is 11.0. The van der Waals surface area contributed by atoms with Crippen molar-refractivity contribution in [2.45, 2.75) is 31.3 Å². The Morgan fingerprint density at radius 3 is 2.76 bits per heavy atom. The lowest BCUT2D eigenvalue weighted by Crippen LogP contribution is -2.53. The number of primary amides is 1. The predicted octanol–water partition coefficient (Wildman–Crippen LogP) is 0.790. The number of carbonyl (C=O) groups excluding carboxylic acids is 1. The fourth-order valence-electron chi connectivity index (χ4n) is 2.12. The topological polar surface area (TPSA) is 75.4 Å². The van der Waals surface area contributed by atoms with E-state index in [1.165, 1.54) is 0 Å². The Bertz CT molecular complexity index is 408. The quantitative estimate of drug-likeness (QED) is 0.705. The lowest BCUT2D eigenvalue weighted by atomic mass is 9.77. The molecule has 17 heavy (non-hydrogen) atoms. The van der Waals surface area contributed by atoms with Crippen molar-refractivity contribution < 1.29 is 9.90 Å². The lowest BCUT2D eigenvalue weighted by Gasteiger charge is -2.41. The van der Waals surface area contributed by atoms with Crippen molar-refractivity contribution in [3.63, 3.8) is 0 Å². The van der Waals surface area contributed by atoms with Crippen LogP contribution in [-0.4, -0.2) is 23.2 Å². The predicted molar refractivity (Wildman–Crippen MR) is 65.5 cm³/mol. The van der Waals surface area contributed by atoms with Gasteiger partial charge in [-0.3, -0.25) is 4.79 Å². The van der Waals surface area contributed by atoms with E-state index < -0.39 is 5.91 Å². The van der Waals surface area contributed by atoms with Crippen molar-refractivity contribution in [2.75, 3.05) is 6.61 Å². The molecule has 1 aromatic carbocycles. The van der Waals surface area contributed by atoms with E-state index in [9.17, 15) is 9.90 Å².